The number of ether oxygens (including phenoxy) is 1. The number of nitrogens with one attached hydrogen (secondary N) is 2. The molecule has 0 fully saturated rings. The minimum Gasteiger partial charge on any atom is -0.492 e. The van der Waals surface area contributed by atoms with Gasteiger partial charge in [0.05, 0.1) is 20.1 Å². The Balaban J connectivity index is 2.21. The van der Waals surface area contributed by atoms with Crippen LogP contribution in [0.4, 0.5) is 5.69 Å². The minimum absolute atomic E-state index is 0.705. The number of anilines is 1. The van der Waals surface area contributed by atoms with Crippen molar-refractivity contribution in [1.82, 2.24) is 0 Å². The molecule has 2 N–H and O–H groups in total. The fraction of sp³-hybridized carbons (Fsp3) is 0.364. The van der Waals surface area contributed by atoms with Gasteiger partial charge in [0.1, 0.15) is 0 Å². The Morgan fingerprint density at radius 3 is 3.00 bits per heavy atom. The molecule has 0 spiro atoms. The molecule has 2 rings (SSSR count). The van der Waals surface area contributed by atoms with Crippen molar-refractivity contribution >= 4 is 23.1 Å². The van der Waals surface area contributed by atoms with Crippen LogP contribution in [0.15, 0.2) is 18.2 Å². The molecule has 1 aliphatic heterocycles. The number of rotatable bonds is 2. The van der Waals surface area contributed by atoms with Gasteiger partial charge >= 0.3 is 0 Å². The molecule has 15 heavy (non-hydrogen) atoms. The van der Waals surface area contributed by atoms with Gasteiger partial charge in [-0.1, -0.05) is 11.6 Å². The van der Waals surface area contributed by atoms with Crippen molar-refractivity contribution in [3.63, 3.8) is 0 Å². The summed E-state index contributed by atoms with van der Waals surface area (Å²) in [6.07, 6.45) is 2.22. The Morgan fingerprint density at radius 2 is 2.33 bits per heavy atom. The number of methoxy groups -OCH3 is 1. The van der Waals surface area contributed by atoms with Gasteiger partial charge in [-0.05, 0) is 18.6 Å². The third-order valence-electron chi connectivity index (χ3n) is 2.39. The van der Waals surface area contributed by atoms with Crippen molar-refractivity contribution in [2.24, 2.45) is 0 Å². The zero-order valence-corrected chi connectivity index (χ0v) is 9.40. The topological polar surface area (TPSA) is 35.2 Å². The first-order valence-corrected chi connectivity index (χ1v) is 5.37. The van der Waals surface area contributed by atoms with E-state index >= 15 is 0 Å². The quantitative estimate of drug-likeness (QED) is 0.789. The summed E-state index contributed by atoms with van der Waals surface area (Å²) in [5, 5.41) is 4.00. The monoisotopic (exact) mass is 225 g/mol. The highest BCUT2D eigenvalue weighted by molar-refractivity contribution is 6.31. The van der Waals surface area contributed by atoms with Gasteiger partial charge < -0.3 is 4.74 Å². The minimum atomic E-state index is 0.705. The van der Waals surface area contributed by atoms with Crippen LogP contribution in [0.2, 0.25) is 5.02 Å². The maximum atomic E-state index is 5.93. The SMILES string of the molecule is COc1ccc(Cl)cc1NC1=[NH+]CCC1. The molecule has 80 valence electrons. The number of halogens is 1. The fourth-order valence-corrected chi connectivity index (χ4v) is 1.81. The lowest BCUT2D eigenvalue weighted by Crippen LogP contribution is -2.71. The molecule has 0 amide bonds. The van der Waals surface area contributed by atoms with Gasteiger partial charge in [-0.25, -0.2) is 5.32 Å². The van der Waals surface area contributed by atoms with Gasteiger partial charge in [0, 0.05) is 11.1 Å². The number of benzene rings is 1. The van der Waals surface area contributed by atoms with Crippen molar-refractivity contribution in [3.8, 4) is 5.75 Å². The molecule has 1 aromatic rings. The molecule has 0 aromatic heterocycles. The van der Waals surface area contributed by atoms with Gasteiger partial charge in [-0.15, -0.1) is 0 Å². The van der Waals surface area contributed by atoms with Crippen LogP contribution in [-0.2, 0) is 0 Å². The van der Waals surface area contributed by atoms with E-state index in [1.165, 1.54) is 6.42 Å². The molecule has 0 saturated carbocycles. The van der Waals surface area contributed by atoms with Crippen LogP contribution in [0.1, 0.15) is 12.8 Å². The molecular formula is C11H14ClN2O+. The first-order valence-electron chi connectivity index (χ1n) is 5.00. The highest BCUT2D eigenvalue weighted by Gasteiger charge is 2.16. The zero-order chi connectivity index (χ0) is 10.7. The molecule has 3 nitrogen and oxygen atoms in total. The third-order valence-corrected chi connectivity index (χ3v) is 2.62. The summed E-state index contributed by atoms with van der Waals surface area (Å²) in [7, 11) is 1.65. The summed E-state index contributed by atoms with van der Waals surface area (Å²) < 4.78 is 5.25. The third kappa shape index (κ3) is 2.42. The fourth-order valence-electron chi connectivity index (χ4n) is 1.64. The molecule has 1 aromatic carbocycles. The lowest BCUT2D eigenvalue weighted by molar-refractivity contribution is -0.447. The molecule has 1 heterocycles. The summed E-state index contributed by atoms with van der Waals surface area (Å²) in [6.45, 7) is 1.03. The van der Waals surface area contributed by atoms with Crippen molar-refractivity contribution in [1.29, 1.82) is 0 Å². The van der Waals surface area contributed by atoms with Gasteiger partial charge in [0.15, 0.2) is 11.4 Å². The molecule has 0 saturated heterocycles. The second kappa shape index (κ2) is 4.53. The van der Waals surface area contributed by atoms with Crippen LogP contribution in [-0.4, -0.2) is 19.5 Å². The van der Waals surface area contributed by atoms with E-state index in [2.05, 4.69) is 10.3 Å². The zero-order valence-electron chi connectivity index (χ0n) is 8.64. The smallest absolute Gasteiger partial charge is 0.247 e. The number of hydrogen-bond acceptors (Lipinski definition) is 2. The van der Waals surface area contributed by atoms with Crippen LogP contribution in [0.25, 0.3) is 0 Å². The molecule has 0 atom stereocenters. The molecule has 1 aliphatic rings. The van der Waals surface area contributed by atoms with Crippen LogP contribution >= 0.6 is 11.6 Å². The summed E-state index contributed by atoms with van der Waals surface area (Å²) in [6, 6.07) is 5.55. The van der Waals surface area contributed by atoms with Crippen molar-refractivity contribution < 1.29 is 9.73 Å². The van der Waals surface area contributed by atoms with E-state index in [0.717, 1.165) is 30.2 Å². The van der Waals surface area contributed by atoms with Crippen LogP contribution < -0.4 is 15.0 Å². The van der Waals surface area contributed by atoms with Crippen molar-refractivity contribution in [3.05, 3.63) is 23.2 Å². The Hall–Kier alpha value is -1.22. The van der Waals surface area contributed by atoms with E-state index in [9.17, 15) is 0 Å². The average Bonchev–Trinajstić information content (AvgIpc) is 2.71. The van der Waals surface area contributed by atoms with Gasteiger partial charge in [0.2, 0.25) is 5.84 Å². The normalized spacial score (nSPS) is 14.9. The average molecular weight is 226 g/mol. The molecule has 0 bridgehead atoms. The Bertz CT molecular complexity index is 390. The predicted molar refractivity (Wildman–Crippen MR) is 61.7 cm³/mol. The second-order valence-electron chi connectivity index (χ2n) is 3.48. The lowest BCUT2D eigenvalue weighted by Gasteiger charge is -2.05. The van der Waals surface area contributed by atoms with Gasteiger partial charge in [-0.3, -0.25) is 4.99 Å². The standard InChI is InChI=1S/C11H13ClN2O/c1-15-10-5-4-8(12)7-9(10)14-11-3-2-6-13-11/h4-5,7H,2-3,6H2,1H3,(H,13,14)/p+1. The molecule has 0 unspecified atom stereocenters. The summed E-state index contributed by atoms with van der Waals surface area (Å²) in [5.41, 5.74) is 0.911. The Kier molecular flexibility index (Phi) is 3.11. The highest BCUT2D eigenvalue weighted by atomic mass is 35.5. The number of amidine groups is 1. The molecule has 0 aliphatic carbocycles. The maximum absolute atomic E-state index is 5.93. The Labute approximate surface area is 94.1 Å². The summed E-state index contributed by atoms with van der Waals surface area (Å²) in [5.74, 6) is 1.94. The molecular weight excluding hydrogens is 212 g/mol. The van der Waals surface area contributed by atoms with Crippen LogP contribution in [0.3, 0.4) is 0 Å². The van der Waals surface area contributed by atoms with Crippen LogP contribution in [0, 0.1) is 0 Å². The van der Waals surface area contributed by atoms with E-state index in [4.69, 9.17) is 16.3 Å². The summed E-state index contributed by atoms with van der Waals surface area (Å²) in [4.78, 5) is 3.28. The van der Waals surface area contributed by atoms with Crippen molar-refractivity contribution in [2.45, 2.75) is 12.8 Å². The van der Waals surface area contributed by atoms with Gasteiger partial charge in [-0.2, -0.15) is 0 Å². The van der Waals surface area contributed by atoms with Crippen molar-refractivity contribution in [2.75, 3.05) is 19.0 Å². The number of hydrogen-bond donors (Lipinski definition) is 2. The van der Waals surface area contributed by atoms with E-state index in [1.807, 2.05) is 18.2 Å². The first-order chi connectivity index (χ1) is 7.29. The van der Waals surface area contributed by atoms with E-state index in [-0.39, 0.29) is 0 Å². The van der Waals surface area contributed by atoms with E-state index in [1.54, 1.807) is 7.11 Å². The second-order valence-corrected chi connectivity index (χ2v) is 3.91. The lowest BCUT2D eigenvalue weighted by atomic mass is 10.2. The summed E-state index contributed by atoms with van der Waals surface area (Å²) >= 11 is 5.93. The van der Waals surface area contributed by atoms with Gasteiger partial charge in [0.25, 0.3) is 0 Å². The largest absolute Gasteiger partial charge is 0.492 e. The first kappa shape index (κ1) is 10.3. The molecule has 0 radical (unpaired) electrons. The predicted octanol–water partition coefficient (Wildman–Crippen LogP) is 1.03. The van der Waals surface area contributed by atoms with Crippen LogP contribution in [0.5, 0.6) is 5.75 Å². The molecule has 4 heteroatoms. The highest BCUT2D eigenvalue weighted by Crippen LogP contribution is 2.27. The van der Waals surface area contributed by atoms with E-state index in [0.29, 0.717) is 5.02 Å². The van der Waals surface area contributed by atoms with E-state index < -0.39 is 0 Å². The Morgan fingerprint density at radius 1 is 1.47 bits per heavy atom. The maximum Gasteiger partial charge on any atom is 0.247 e.